The summed E-state index contributed by atoms with van der Waals surface area (Å²) in [7, 11) is 0. The average molecular weight is 331 g/mol. The number of benzene rings is 1. The molecule has 0 spiro atoms. The van der Waals surface area contributed by atoms with E-state index in [1.165, 1.54) is 10.4 Å². The zero-order valence-corrected chi connectivity index (χ0v) is 12.6. The molecule has 0 saturated carbocycles. The third kappa shape index (κ3) is 3.10. The molecular formula is C13H13BrClNS. The number of hydrogen-bond acceptors (Lipinski definition) is 2. The molecule has 0 aliphatic carbocycles. The molecule has 0 radical (unpaired) electrons. The van der Waals surface area contributed by atoms with Crippen molar-refractivity contribution in [1.82, 2.24) is 0 Å². The van der Waals surface area contributed by atoms with Crippen LogP contribution in [0.5, 0.6) is 0 Å². The first-order valence-corrected chi connectivity index (χ1v) is 7.36. The third-order valence-corrected chi connectivity index (χ3v) is 4.69. The summed E-state index contributed by atoms with van der Waals surface area (Å²) >= 11 is 11.3. The van der Waals surface area contributed by atoms with E-state index in [2.05, 4.69) is 34.3 Å². The van der Waals surface area contributed by atoms with Gasteiger partial charge in [-0.3, -0.25) is 0 Å². The van der Waals surface area contributed by atoms with Crippen molar-refractivity contribution in [3.63, 3.8) is 0 Å². The number of rotatable bonds is 3. The SMILES string of the molecule is Cc1ccsc1C(N)Cc1ccc(Br)cc1Cl. The number of aryl methyl sites for hydroxylation is 1. The van der Waals surface area contributed by atoms with Crippen molar-refractivity contribution in [2.75, 3.05) is 0 Å². The van der Waals surface area contributed by atoms with E-state index in [1.807, 2.05) is 18.2 Å². The highest BCUT2D eigenvalue weighted by molar-refractivity contribution is 9.10. The minimum atomic E-state index is 0.0219. The van der Waals surface area contributed by atoms with Crippen molar-refractivity contribution in [3.8, 4) is 0 Å². The summed E-state index contributed by atoms with van der Waals surface area (Å²) < 4.78 is 0.993. The van der Waals surface area contributed by atoms with Gasteiger partial charge < -0.3 is 5.73 Å². The van der Waals surface area contributed by atoms with Gasteiger partial charge in [-0.05, 0) is 48.1 Å². The summed E-state index contributed by atoms with van der Waals surface area (Å²) in [5.74, 6) is 0. The molecule has 0 fully saturated rings. The van der Waals surface area contributed by atoms with Crippen molar-refractivity contribution in [2.24, 2.45) is 5.73 Å². The Balaban J connectivity index is 2.19. The highest BCUT2D eigenvalue weighted by atomic mass is 79.9. The molecule has 1 nitrogen and oxygen atoms in total. The Kier molecular flexibility index (Phi) is 4.26. The Bertz CT molecular complexity index is 524. The number of nitrogens with two attached hydrogens (primary N) is 1. The first-order valence-electron chi connectivity index (χ1n) is 5.31. The Morgan fingerprint density at radius 2 is 2.18 bits per heavy atom. The molecule has 2 rings (SSSR count). The number of hydrogen-bond donors (Lipinski definition) is 1. The van der Waals surface area contributed by atoms with Crippen LogP contribution in [0.25, 0.3) is 0 Å². The molecule has 1 unspecified atom stereocenters. The lowest BCUT2D eigenvalue weighted by Gasteiger charge is -2.12. The summed E-state index contributed by atoms with van der Waals surface area (Å²) in [5.41, 5.74) is 8.57. The topological polar surface area (TPSA) is 26.0 Å². The van der Waals surface area contributed by atoms with E-state index >= 15 is 0 Å². The molecular weight excluding hydrogens is 318 g/mol. The standard InChI is InChI=1S/C13H13BrClNS/c1-8-4-5-17-13(8)12(16)6-9-2-3-10(14)7-11(9)15/h2-5,7,12H,6,16H2,1H3. The maximum Gasteiger partial charge on any atom is 0.0449 e. The lowest BCUT2D eigenvalue weighted by Crippen LogP contribution is -2.13. The second-order valence-electron chi connectivity index (χ2n) is 4.01. The van der Waals surface area contributed by atoms with E-state index in [0.717, 1.165) is 21.5 Å². The van der Waals surface area contributed by atoms with Crippen LogP contribution < -0.4 is 5.73 Å². The normalized spacial score (nSPS) is 12.7. The highest BCUT2D eigenvalue weighted by Crippen LogP contribution is 2.28. The molecule has 17 heavy (non-hydrogen) atoms. The average Bonchev–Trinajstić information content (AvgIpc) is 2.68. The van der Waals surface area contributed by atoms with Gasteiger partial charge >= 0.3 is 0 Å². The van der Waals surface area contributed by atoms with Crippen LogP contribution in [0, 0.1) is 6.92 Å². The van der Waals surface area contributed by atoms with Crippen LogP contribution in [0.3, 0.4) is 0 Å². The molecule has 2 aromatic rings. The molecule has 0 aliphatic rings. The Hall–Kier alpha value is -0.350. The minimum Gasteiger partial charge on any atom is -0.323 e. The predicted molar refractivity (Wildman–Crippen MR) is 78.8 cm³/mol. The zero-order valence-electron chi connectivity index (χ0n) is 9.41. The second kappa shape index (κ2) is 5.53. The van der Waals surface area contributed by atoms with E-state index in [-0.39, 0.29) is 6.04 Å². The van der Waals surface area contributed by atoms with Crippen LogP contribution in [0.2, 0.25) is 5.02 Å². The van der Waals surface area contributed by atoms with E-state index in [9.17, 15) is 0 Å². The fraction of sp³-hybridized carbons (Fsp3) is 0.231. The summed E-state index contributed by atoms with van der Waals surface area (Å²) in [4.78, 5) is 1.24. The molecule has 0 amide bonds. The van der Waals surface area contributed by atoms with Gasteiger partial charge in [0, 0.05) is 20.4 Å². The van der Waals surface area contributed by atoms with Crippen molar-refractivity contribution in [1.29, 1.82) is 0 Å². The van der Waals surface area contributed by atoms with E-state index in [1.54, 1.807) is 11.3 Å². The largest absolute Gasteiger partial charge is 0.323 e. The van der Waals surface area contributed by atoms with Crippen molar-refractivity contribution in [3.05, 3.63) is 55.1 Å². The number of halogens is 2. The Morgan fingerprint density at radius 1 is 1.41 bits per heavy atom. The lowest BCUT2D eigenvalue weighted by molar-refractivity contribution is 0.732. The maximum absolute atomic E-state index is 6.22. The molecule has 90 valence electrons. The van der Waals surface area contributed by atoms with Gasteiger partial charge in [0.15, 0.2) is 0 Å². The molecule has 1 heterocycles. The Labute approximate surface area is 119 Å². The van der Waals surface area contributed by atoms with Gasteiger partial charge in [0.25, 0.3) is 0 Å². The van der Waals surface area contributed by atoms with Crippen LogP contribution in [-0.4, -0.2) is 0 Å². The van der Waals surface area contributed by atoms with E-state index < -0.39 is 0 Å². The lowest BCUT2D eigenvalue weighted by atomic mass is 10.0. The van der Waals surface area contributed by atoms with Crippen LogP contribution in [0.1, 0.15) is 22.0 Å². The van der Waals surface area contributed by atoms with Crippen molar-refractivity contribution >= 4 is 38.9 Å². The van der Waals surface area contributed by atoms with Gasteiger partial charge in [-0.1, -0.05) is 33.6 Å². The minimum absolute atomic E-state index is 0.0219. The van der Waals surface area contributed by atoms with Crippen LogP contribution >= 0.6 is 38.9 Å². The first-order chi connectivity index (χ1) is 8.08. The molecule has 0 saturated heterocycles. The zero-order chi connectivity index (χ0) is 12.4. The van der Waals surface area contributed by atoms with Crippen molar-refractivity contribution in [2.45, 2.75) is 19.4 Å². The van der Waals surface area contributed by atoms with Gasteiger partial charge in [0.1, 0.15) is 0 Å². The van der Waals surface area contributed by atoms with Gasteiger partial charge in [-0.25, -0.2) is 0 Å². The quantitative estimate of drug-likeness (QED) is 0.866. The highest BCUT2D eigenvalue weighted by Gasteiger charge is 2.13. The summed E-state index contributed by atoms with van der Waals surface area (Å²) in [6.07, 6.45) is 0.771. The fourth-order valence-electron chi connectivity index (χ4n) is 1.78. The molecule has 1 aromatic carbocycles. The van der Waals surface area contributed by atoms with Crippen LogP contribution in [-0.2, 0) is 6.42 Å². The van der Waals surface area contributed by atoms with Crippen molar-refractivity contribution < 1.29 is 0 Å². The monoisotopic (exact) mass is 329 g/mol. The smallest absolute Gasteiger partial charge is 0.0449 e. The molecule has 1 aromatic heterocycles. The molecule has 4 heteroatoms. The van der Waals surface area contributed by atoms with E-state index in [4.69, 9.17) is 17.3 Å². The molecule has 0 aliphatic heterocycles. The van der Waals surface area contributed by atoms with Gasteiger partial charge in [0.05, 0.1) is 0 Å². The maximum atomic E-state index is 6.22. The number of thiophene rings is 1. The first kappa shape index (κ1) is 13.1. The van der Waals surface area contributed by atoms with Crippen LogP contribution in [0.15, 0.2) is 34.1 Å². The van der Waals surface area contributed by atoms with Gasteiger partial charge in [-0.2, -0.15) is 0 Å². The summed E-state index contributed by atoms with van der Waals surface area (Å²) in [6, 6.07) is 8.05. The summed E-state index contributed by atoms with van der Waals surface area (Å²) in [5, 5.41) is 2.84. The summed E-state index contributed by atoms with van der Waals surface area (Å²) in [6.45, 7) is 2.09. The van der Waals surface area contributed by atoms with Crippen LogP contribution in [0.4, 0.5) is 0 Å². The fourth-order valence-corrected chi connectivity index (χ4v) is 3.46. The van der Waals surface area contributed by atoms with Gasteiger partial charge in [-0.15, -0.1) is 11.3 Å². The Morgan fingerprint density at radius 3 is 2.76 bits per heavy atom. The second-order valence-corrected chi connectivity index (χ2v) is 6.28. The van der Waals surface area contributed by atoms with Gasteiger partial charge in [0.2, 0.25) is 0 Å². The molecule has 1 atom stereocenters. The van der Waals surface area contributed by atoms with E-state index in [0.29, 0.717) is 0 Å². The predicted octanol–water partition coefficient (Wildman–Crippen LogP) is 4.71. The third-order valence-electron chi connectivity index (χ3n) is 2.69. The molecule has 0 bridgehead atoms. The molecule has 2 N–H and O–H groups in total.